The Morgan fingerprint density at radius 3 is 2.30 bits per heavy atom. The topological polar surface area (TPSA) is 38.8 Å². The molecule has 1 saturated heterocycles. The first-order valence-electron chi connectivity index (χ1n) is 9.67. The van der Waals surface area contributed by atoms with Crippen LogP contribution < -0.4 is 0 Å². The average molecular weight is 367 g/mol. The van der Waals surface area contributed by atoms with E-state index < -0.39 is 5.79 Å². The maximum absolute atomic E-state index is 12.7. The third-order valence-electron chi connectivity index (χ3n) is 5.00. The van der Waals surface area contributed by atoms with Crippen molar-refractivity contribution >= 4 is 5.91 Å². The standard InChI is InChI=1S/C23H29NO3/c1-4-22(25)24(15-18-11-7-5-8-12-18)16-20(19-13-9-6-10-14-19)21-17-26-23(2,3)27-21/h5-14,20-21H,4,15-17H2,1-3H3. The molecule has 1 aliphatic rings. The number of hydrogen-bond donors (Lipinski definition) is 0. The molecule has 0 aliphatic carbocycles. The molecular weight excluding hydrogens is 338 g/mol. The summed E-state index contributed by atoms with van der Waals surface area (Å²) in [6, 6.07) is 20.4. The summed E-state index contributed by atoms with van der Waals surface area (Å²) >= 11 is 0. The molecule has 2 unspecified atom stereocenters. The minimum Gasteiger partial charge on any atom is -0.348 e. The summed E-state index contributed by atoms with van der Waals surface area (Å²) < 4.78 is 12.0. The van der Waals surface area contributed by atoms with Crippen molar-refractivity contribution in [3.63, 3.8) is 0 Å². The van der Waals surface area contributed by atoms with E-state index in [1.807, 2.05) is 62.1 Å². The van der Waals surface area contributed by atoms with Crippen molar-refractivity contribution in [2.24, 2.45) is 0 Å². The molecule has 1 heterocycles. The van der Waals surface area contributed by atoms with Gasteiger partial charge in [0.2, 0.25) is 5.91 Å². The molecule has 144 valence electrons. The van der Waals surface area contributed by atoms with Gasteiger partial charge in [0.05, 0.1) is 12.7 Å². The Bertz CT molecular complexity index is 730. The quantitative estimate of drug-likeness (QED) is 0.730. The maximum Gasteiger partial charge on any atom is 0.222 e. The fourth-order valence-electron chi connectivity index (χ4n) is 3.57. The molecule has 2 atom stereocenters. The van der Waals surface area contributed by atoms with Crippen LogP contribution in [0.2, 0.25) is 0 Å². The molecule has 4 heteroatoms. The van der Waals surface area contributed by atoms with Crippen LogP contribution in [0.1, 0.15) is 44.2 Å². The van der Waals surface area contributed by atoms with Gasteiger partial charge in [-0.25, -0.2) is 0 Å². The molecule has 2 aromatic carbocycles. The molecule has 1 aliphatic heterocycles. The van der Waals surface area contributed by atoms with Crippen LogP contribution in [0, 0.1) is 0 Å². The molecule has 0 saturated carbocycles. The van der Waals surface area contributed by atoms with Crippen LogP contribution in [0.15, 0.2) is 60.7 Å². The van der Waals surface area contributed by atoms with E-state index in [0.717, 1.165) is 5.56 Å². The van der Waals surface area contributed by atoms with Gasteiger partial charge in [0.15, 0.2) is 5.79 Å². The van der Waals surface area contributed by atoms with E-state index in [2.05, 4.69) is 24.3 Å². The highest BCUT2D eigenvalue weighted by molar-refractivity contribution is 5.76. The number of hydrogen-bond acceptors (Lipinski definition) is 3. The third kappa shape index (κ3) is 5.18. The van der Waals surface area contributed by atoms with Crippen molar-refractivity contribution in [2.75, 3.05) is 13.2 Å². The molecule has 1 amide bonds. The third-order valence-corrected chi connectivity index (χ3v) is 5.00. The molecule has 0 N–H and O–H groups in total. The summed E-state index contributed by atoms with van der Waals surface area (Å²) in [5.41, 5.74) is 2.31. The monoisotopic (exact) mass is 367 g/mol. The predicted octanol–water partition coefficient (Wildman–Crippen LogP) is 4.36. The summed E-state index contributed by atoms with van der Waals surface area (Å²) in [6.45, 7) is 7.54. The molecule has 0 bridgehead atoms. The van der Waals surface area contributed by atoms with Gasteiger partial charge in [0.1, 0.15) is 0 Å². The van der Waals surface area contributed by atoms with E-state index >= 15 is 0 Å². The Hall–Kier alpha value is -2.17. The first-order valence-corrected chi connectivity index (χ1v) is 9.67. The fraction of sp³-hybridized carbons (Fsp3) is 0.435. The highest BCUT2D eigenvalue weighted by Crippen LogP contribution is 2.33. The lowest BCUT2D eigenvalue weighted by Gasteiger charge is -2.31. The smallest absolute Gasteiger partial charge is 0.222 e. The van der Waals surface area contributed by atoms with E-state index in [0.29, 0.717) is 26.1 Å². The van der Waals surface area contributed by atoms with Crippen LogP contribution >= 0.6 is 0 Å². The molecule has 2 aromatic rings. The number of carbonyl (C=O) groups excluding carboxylic acids is 1. The number of benzene rings is 2. The van der Waals surface area contributed by atoms with Crippen molar-refractivity contribution in [1.29, 1.82) is 0 Å². The number of amides is 1. The minimum absolute atomic E-state index is 0.0622. The van der Waals surface area contributed by atoms with E-state index in [1.54, 1.807) is 0 Å². The Kier molecular flexibility index (Phi) is 6.30. The summed E-state index contributed by atoms with van der Waals surface area (Å²) in [5.74, 6) is -0.373. The molecule has 4 nitrogen and oxygen atoms in total. The first-order chi connectivity index (χ1) is 13.0. The van der Waals surface area contributed by atoms with Gasteiger partial charge in [-0.15, -0.1) is 0 Å². The number of nitrogens with zero attached hydrogens (tertiary/aromatic N) is 1. The molecule has 0 radical (unpaired) electrons. The lowest BCUT2D eigenvalue weighted by Crippen LogP contribution is -2.38. The average Bonchev–Trinajstić information content (AvgIpc) is 3.05. The number of ether oxygens (including phenoxy) is 2. The van der Waals surface area contributed by atoms with Crippen LogP contribution in [0.5, 0.6) is 0 Å². The largest absolute Gasteiger partial charge is 0.348 e. The fourth-order valence-corrected chi connectivity index (χ4v) is 3.57. The second-order valence-electron chi connectivity index (χ2n) is 7.50. The summed E-state index contributed by atoms with van der Waals surface area (Å²) in [5, 5.41) is 0. The van der Waals surface area contributed by atoms with Gasteiger partial charge in [-0.3, -0.25) is 4.79 Å². The zero-order valence-electron chi connectivity index (χ0n) is 16.4. The van der Waals surface area contributed by atoms with Gasteiger partial charge < -0.3 is 14.4 Å². The molecule has 3 rings (SSSR count). The Morgan fingerprint density at radius 1 is 1.11 bits per heavy atom. The van der Waals surface area contributed by atoms with Gasteiger partial charge in [-0.1, -0.05) is 67.6 Å². The zero-order valence-corrected chi connectivity index (χ0v) is 16.4. The lowest BCUT2D eigenvalue weighted by atomic mass is 9.92. The van der Waals surface area contributed by atoms with E-state index in [4.69, 9.17) is 9.47 Å². The van der Waals surface area contributed by atoms with Gasteiger partial charge in [-0.05, 0) is 25.0 Å². The van der Waals surface area contributed by atoms with E-state index in [1.165, 1.54) is 5.56 Å². The van der Waals surface area contributed by atoms with Crippen molar-refractivity contribution in [1.82, 2.24) is 4.90 Å². The van der Waals surface area contributed by atoms with Gasteiger partial charge in [0, 0.05) is 25.4 Å². The van der Waals surface area contributed by atoms with Gasteiger partial charge >= 0.3 is 0 Å². The lowest BCUT2D eigenvalue weighted by molar-refractivity contribution is -0.143. The number of carbonyl (C=O) groups is 1. The number of rotatable bonds is 7. The van der Waals surface area contributed by atoms with E-state index in [-0.39, 0.29) is 17.9 Å². The summed E-state index contributed by atoms with van der Waals surface area (Å²) in [6.07, 6.45) is 0.410. The minimum atomic E-state index is -0.587. The highest BCUT2D eigenvalue weighted by atomic mass is 16.7. The zero-order chi connectivity index (χ0) is 19.3. The first kappa shape index (κ1) is 19.6. The van der Waals surface area contributed by atoms with Crippen molar-refractivity contribution in [2.45, 2.75) is 51.5 Å². The molecule has 0 aromatic heterocycles. The Morgan fingerprint density at radius 2 is 1.74 bits per heavy atom. The molecule has 0 spiro atoms. The van der Waals surface area contributed by atoms with Crippen LogP contribution in [-0.2, 0) is 20.8 Å². The SMILES string of the molecule is CCC(=O)N(Cc1ccccc1)CC(c1ccccc1)C1COC(C)(C)O1. The highest BCUT2D eigenvalue weighted by Gasteiger charge is 2.39. The molecule has 1 fully saturated rings. The molecular formula is C23H29NO3. The Labute approximate surface area is 162 Å². The molecule has 27 heavy (non-hydrogen) atoms. The van der Waals surface area contributed by atoms with Gasteiger partial charge in [-0.2, -0.15) is 0 Å². The normalized spacial score (nSPS) is 19.6. The Balaban J connectivity index is 1.84. The van der Waals surface area contributed by atoms with Gasteiger partial charge in [0.25, 0.3) is 0 Å². The van der Waals surface area contributed by atoms with Crippen molar-refractivity contribution in [3.8, 4) is 0 Å². The van der Waals surface area contributed by atoms with Crippen LogP contribution in [0.3, 0.4) is 0 Å². The summed E-state index contributed by atoms with van der Waals surface area (Å²) in [4.78, 5) is 14.6. The second-order valence-corrected chi connectivity index (χ2v) is 7.50. The van der Waals surface area contributed by atoms with Crippen molar-refractivity contribution in [3.05, 3.63) is 71.8 Å². The van der Waals surface area contributed by atoms with Crippen LogP contribution in [-0.4, -0.2) is 35.8 Å². The van der Waals surface area contributed by atoms with Crippen LogP contribution in [0.25, 0.3) is 0 Å². The van der Waals surface area contributed by atoms with Crippen molar-refractivity contribution < 1.29 is 14.3 Å². The summed E-state index contributed by atoms with van der Waals surface area (Å²) in [7, 11) is 0. The maximum atomic E-state index is 12.7. The van der Waals surface area contributed by atoms with E-state index in [9.17, 15) is 4.79 Å². The van der Waals surface area contributed by atoms with Crippen LogP contribution in [0.4, 0.5) is 0 Å². The predicted molar refractivity (Wildman–Crippen MR) is 106 cm³/mol. The second kappa shape index (κ2) is 8.68.